The number of nitrogens with two attached hydrogens (primary N) is 1. The van der Waals surface area contributed by atoms with Gasteiger partial charge in [0.15, 0.2) is 5.69 Å². The van der Waals surface area contributed by atoms with Gasteiger partial charge >= 0.3 is 6.18 Å². The van der Waals surface area contributed by atoms with E-state index in [2.05, 4.69) is 25.6 Å². The van der Waals surface area contributed by atoms with Gasteiger partial charge in [0.2, 0.25) is 11.8 Å². The number of halogens is 3. The van der Waals surface area contributed by atoms with E-state index in [1.54, 1.807) is 56.4 Å². The molecule has 0 radical (unpaired) electrons. The van der Waals surface area contributed by atoms with Crippen molar-refractivity contribution in [3.63, 3.8) is 0 Å². The molecular weight excluding hydrogens is 451 g/mol. The zero-order valence-corrected chi connectivity index (χ0v) is 18.2. The van der Waals surface area contributed by atoms with Crippen LogP contribution >= 0.6 is 0 Å². The Morgan fingerprint density at radius 1 is 1.18 bits per heavy atom. The van der Waals surface area contributed by atoms with Crippen molar-refractivity contribution in [1.29, 1.82) is 0 Å². The maximum atomic E-state index is 13.5. The van der Waals surface area contributed by atoms with Gasteiger partial charge < -0.3 is 15.5 Å². The van der Waals surface area contributed by atoms with E-state index in [4.69, 9.17) is 10.2 Å². The molecule has 0 aliphatic rings. The smallest absolute Gasteiger partial charge is 0.415 e. The van der Waals surface area contributed by atoms with Crippen molar-refractivity contribution in [2.24, 2.45) is 5.73 Å². The molecule has 3 heterocycles. The Morgan fingerprint density at radius 2 is 1.94 bits per heavy atom. The van der Waals surface area contributed by atoms with Crippen LogP contribution in [0.1, 0.15) is 23.9 Å². The van der Waals surface area contributed by atoms with Crippen LogP contribution in [0.5, 0.6) is 0 Å². The molecule has 1 atom stereocenters. The third-order valence-corrected chi connectivity index (χ3v) is 4.92. The minimum absolute atomic E-state index is 0.0376. The third-order valence-electron chi connectivity index (χ3n) is 4.92. The van der Waals surface area contributed by atoms with Crippen LogP contribution in [-0.4, -0.2) is 36.9 Å². The molecule has 0 unspecified atom stereocenters. The molecule has 12 heteroatoms. The van der Waals surface area contributed by atoms with Crippen LogP contribution < -0.4 is 11.1 Å². The third kappa shape index (κ3) is 4.81. The Hall–Kier alpha value is -4.06. The predicted octanol–water partition coefficient (Wildman–Crippen LogP) is 3.27. The van der Waals surface area contributed by atoms with Gasteiger partial charge in [-0.3, -0.25) is 9.78 Å². The Kier molecular flexibility index (Phi) is 6.16. The molecule has 0 fully saturated rings. The first-order valence-electron chi connectivity index (χ1n) is 10.2. The zero-order chi connectivity index (χ0) is 24.5. The van der Waals surface area contributed by atoms with E-state index in [0.717, 1.165) is 10.7 Å². The number of hydrogen-bond donors (Lipinski definition) is 2. The maximum Gasteiger partial charge on any atom is 0.435 e. The van der Waals surface area contributed by atoms with Crippen LogP contribution in [0.2, 0.25) is 0 Å². The van der Waals surface area contributed by atoms with Crippen LogP contribution in [0.15, 0.2) is 53.1 Å². The van der Waals surface area contributed by atoms with Crippen molar-refractivity contribution in [1.82, 2.24) is 30.3 Å². The number of nitrogens with one attached hydrogen (secondary N) is 1. The molecule has 4 aromatic rings. The fraction of sp³-hybridized carbons (Fsp3) is 0.227. The van der Waals surface area contributed by atoms with Gasteiger partial charge in [0.25, 0.3) is 5.89 Å². The highest BCUT2D eigenvalue weighted by Crippen LogP contribution is 2.34. The molecule has 9 nitrogen and oxygen atoms in total. The van der Waals surface area contributed by atoms with E-state index < -0.39 is 17.9 Å². The molecule has 3 N–H and O–H groups in total. The number of pyridine rings is 1. The Balaban J connectivity index is 1.74. The van der Waals surface area contributed by atoms with E-state index in [-0.39, 0.29) is 29.9 Å². The van der Waals surface area contributed by atoms with E-state index in [9.17, 15) is 18.0 Å². The number of aromatic nitrogens is 5. The minimum Gasteiger partial charge on any atom is -0.415 e. The molecule has 0 aliphatic heterocycles. The summed E-state index contributed by atoms with van der Waals surface area (Å²) < 4.78 is 47.2. The average Bonchev–Trinajstić information content (AvgIpc) is 3.45. The molecule has 176 valence electrons. The number of hydrogen-bond acceptors (Lipinski definition) is 7. The molecule has 3 aromatic heterocycles. The van der Waals surface area contributed by atoms with Gasteiger partial charge in [-0.05, 0) is 43.7 Å². The zero-order valence-electron chi connectivity index (χ0n) is 18.2. The summed E-state index contributed by atoms with van der Waals surface area (Å²) in [6.45, 7) is 3.44. The number of rotatable bonds is 6. The lowest BCUT2D eigenvalue weighted by Crippen LogP contribution is -2.37. The number of amides is 1. The van der Waals surface area contributed by atoms with Crippen LogP contribution in [0.25, 0.3) is 28.7 Å². The number of carbonyl (C=O) groups is 1. The first-order valence-corrected chi connectivity index (χ1v) is 10.2. The van der Waals surface area contributed by atoms with Gasteiger partial charge in [-0.2, -0.15) is 18.3 Å². The predicted molar refractivity (Wildman–Crippen MR) is 115 cm³/mol. The van der Waals surface area contributed by atoms with E-state index in [1.807, 2.05) is 0 Å². The summed E-state index contributed by atoms with van der Waals surface area (Å²) in [7, 11) is 0. The first-order chi connectivity index (χ1) is 16.1. The lowest BCUT2D eigenvalue weighted by atomic mass is 10.2. The molecule has 0 aliphatic carbocycles. The highest BCUT2D eigenvalue weighted by atomic mass is 19.4. The van der Waals surface area contributed by atoms with Crippen LogP contribution in [0.3, 0.4) is 0 Å². The SMILES string of the molecule is Cc1ncccc1-c1nnc(-c2cc(C(F)(F)F)nn2-c2cccc(CNC(=O)[C@H](C)N)c2)o1. The Labute approximate surface area is 191 Å². The second kappa shape index (κ2) is 9.06. The molecule has 0 saturated carbocycles. The summed E-state index contributed by atoms with van der Waals surface area (Å²) in [5.74, 6) is -0.375. The largest absolute Gasteiger partial charge is 0.435 e. The van der Waals surface area contributed by atoms with Crippen molar-refractivity contribution < 1.29 is 22.4 Å². The summed E-state index contributed by atoms with van der Waals surface area (Å²) in [6, 6.07) is 10.1. The molecule has 0 spiro atoms. The lowest BCUT2D eigenvalue weighted by Gasteiger charge is -2.10. The Morgan fingerprint density at radius 3 is 2.65 bits per heavy atom. The molecule has 34 heavy (non-hydrogen) atoms. The molecule has 1 aromatic carbocycles. The van der Waals surface area contributed by atoms with Gasteiger partial charge in [0, 0.05) is 24.5 Å². The Bertz CT molecular complexity index is 1330. The van der Waals surface area contributed by atoms with Gasteiger partial charge in [-0.15, -0.1) is 10.2 Å². The van der Waals surface area contributed by atoms with Crippen molar-refractivity contribution in [3.8, 4) is 28.7 Å². The molecule has 0 bridgehead atoms. The monoisotopic (exact) mass is 471 g/mol. The number of benzene rings is 1. The summed E-state index contributed by atoms with van der Waals surface area (Å²) in [5, 5.41) is 14.3. The molecular formula is C22H20F3N7O2. The topological polar surface area (TPSA) is 125 Å². The summed E-state index contributed by atoms with van der Waals surface area (Å²) in [5.41, 5.74) is 6.54. The number of carbonyl (C=O) groups excluding carboxylic acids is 1. The van der Waals surface area contributed by atoms with Crippen molar-refractivity contribution >= 4 is 5.91 Å². The lowest BCUT2D eigenvalue weighted by molar-refractivity contribution is -0.141. The maximum absolute atomic E-state index is 13.5. The summed E-state index contributed by atoms with van der Waals surface area (Å²) in [4.78, 5) is 15.9. The van der Waals surface area contributed by atoms with Crippen molar-refractivity contribution in [2.75, 3.05) is 0 Å². The standard InChI is InChI=1S/C22H20F3N7O2/c1-12(26)19(33)28-11-14-5-3-6-15(9-14)32-17(10-18(31-32)22(23,24)25)21-30-29-20(34-21)16-7-4-8-27-13(16)2/h3-10,12H,11,26H2,1-2H3,(H,28,33)/t12-/m0/s1. The highest BCUT2D eigenvalue weighted by molar-refractivity contribution is 5.80. The normalized spacial score (nSPS) is 12.5. The number of nitrogens with zero attached hydrogens (tertiary/aromatic N) is 5. The van der Waals surface area contributed by atoms with E-state index in [1.165, 1.54) is 0 Å². The minimum atomic E-state index is -4.69. The fourth-order valence-electron chi connectivity index (χ4n) is 3.16. The quantitative estimate of drug-likeness (QED) is 0.442. The number of aryl methyl sites for hydroxylation is 1. The van der Waals surface area contributed by atoms with Crippen LogP contribution in [0, 0.1) is 6.92 Å². The second-order valence-electron chi connectivity index (χ2n) is 7.55. The first kappa shape index (κ1) is 23.1. The summed E-state index contributed by atoms with van der Waals surface area (Å²) >= 11 is 0. The highest BCUT2D eigenvalue weighted by Gasteiger charge is 2.36. The molecule has 1 amide bonds. The van der Waals surface area contributed by atoms with E-state index >= 15 is 0 Å². The second-order valence-corrected chi connectivity index (χ2v) is 7.55. The fourth-order valence-corrected chi connectivity index (χ4v) is 3.16. The van der Waals surface area contributed by atoms with Gasteiger partial charge in [-0.25, -0.2) is 4.68 Å². The average molecular weight is 471 g/mol. The van der Waals surface area contributed by atoms with Gasteiger partial charge in [-0.1, -0.05) is 12.1 Å². The molecule has 4 rings (SSSR count). The van der Waals surface area contributed by atoms with E-state index in [0.29, 0.717) is 22.5 Å². The molecule has 0 saturated heterocycles. The summed E-state index contributed by atoms with van der Waals surface area (Å²) in [6.07, 6.45) is -3.09. The van der Waals surface area contributed by atoms with Crippen molar-refractivity contribution in [2.45, 2.75) is 32.6 Å². The van der Waals surface area contributed by atoms with Gasteiger partial charge in [0.05, 0.1) is 17.3 Å². The van der Waals surface area contributed by atoms with Crippen LogP contribution in [0.4, 0.5) is 13.2 Å². The van der Waals surface area contributed by atoms with Crippen molar-refractivity contribution in [3.05, 3.63) is 65.6 Å². The number of alkyl halides is 3. The van der Waals surface area contributed by atoms with Gasteiger partial charge in [0.1, 0.15) is 5.69 Å². The van der Waals surface area contributed by atoms with Crippen LogP contribution in [-0.2, 0) is 17.5 Å².